The summed E-state index contributed by atoms with van der Waals surface area (Å²) in [5.74, 6) is 0.625. The lowest BCUT2D eigenvalue weighted by molar-refractivity contribution is 0.344. The number of nitrogens with zero attached hydrogens (tertiary/aromatic N) is 1. The van der Waals surface area contributed by atoms with Gasteiger partial charge in [-0.25, -0.2) is 8.42 Å². The molecule has 0 aliphatic carbocycles. The predicted molar refractivity (Wildman–Crippen MR) is 106 cm³/mol. The van der Waals surface area contributed by atoms with Gasteiger partial charge in [-0.05, 0) is 48.6 Å². The topological polar surface area (TPSA) is 49.4 Å². The summed E-state index contributed by atoms with van der Waals surface area (Å²) in [5.41, 5.74) is 2.22. The van der Waals surface area contributed by atoms with Crippen LogP contribution in [-0.2, 0) is 10.0 Å². The maximum Gasteiger partial charge on any atom is 0.245 e. The minimum Gasteiger partial charge on any atom is -0.316 e. The van der Waals surface area contributed by atoms with Crippen LogP contribution in [0, 0.1) is 18.8 Å². The van der Waals surface area contributed by atoms with E-state index in [1.54, 1.807) is 28.6 Å². The summed E-state index contributed by atoms with van der Waals surface area (Å²) in [7, 11) is -3.65. The Morgan fingerprint density at radius 1 is 1.08 bits per heavy atom. The SMILES string of the molecule is Cc1ccccc1[C@@H]1[C@H]2CNC[C@H]2CN1S(=O)(=O)c1ccccc1Cl.Cl. The van der Waals surface area contributed by atoms with Crippen LogP contribution in [0.5, 0.6) is 0 Å². The zero-order chi connectivity index (χ0) is 17.6. The van der Waals surface area contributed by atoms with Crippen molar-refractivity contribution >= 4 is 34.0 Å². The van der Waals surface area contributed by atoms with Crippen molar-refractivity contribution in [2.75, 3.05) is 19.6 Å². The molecule has 2 saturated heterocycles. The molecular weight excluding hydrogens is 391 g/mol. The molecule has 140 valence electrons. The highest BCUT2D eigenvalue weighted by Gasteiger charge is 2.50. The van der Waals surface area contributed by atoms with E-state index >= 15 is 0 Å². The monoisotopic (exact) mass is 412 g/mol. The molecule has 3 atom stereocenters. The lowest BCUT2D eigenvalue weighted by Gasteiger charge is -2.29. The zero-order valence-electron chi connectivity index (χ0n) is 14.4. The molecule has 0 aromatic heterocycles. The van der Waals surface area contributed by atoms with Gasteiger partial charge in [0, 0.05) is 13.1 Å². The first-order chi connectivity index (χ1) is 12.0. The van der Waals surface area contributed by atoms with E-state index in [0.29, 0.717) is 18.4 Å². The van der Waals surface area contributed by atoms with E-state index < -0.39 is 10.0 Å². The smallest absolute Gasteiger partial charge is 0.245 e. The van der Waals surface area contributed by atoms with Gasteiger partial charge in [0.15, 0.2) is 0 Å². The second-order valence-electron chi connectivity index (χ2n) is 6.89. The third-order valence-corrected chi connectivity index (χ3v) is 7.80. The lowest BCUT2D eigenvalue weighted by Crippen LogP contribution is -2.35. The number of nitrogens with one attached hydrogen (secondary N) is 1. The standard InChI is InChI=1S/C19H21ClN2O2S.ClH/c1-13-6-2-3-7-15(13)19-16-11-21-10-14(16)12-22(19)25(23,24)18-9-5-4-8-17(18)20;/h2-9,14,16,19,21H,10-12H2,1H3;1H/t14-,16-,19+;/m0./s1. The third kappa shape index (κ3) is 3.16. The second kappa shape index (κ2) is 7.49. The van der Waals surface area contributed by atoms with E-state index in [1.165, 1.54) is 0 Å². The molecule has 2 heterocycles. The van der Waals surface area contributed by atoms with Crippen LogP contribution in [0.25, 0.3) is 0 Å². The summed E-state index contributed by atoms with van der Waals surface area (Å²) < 4.78 is 28.5. The first-order valence-corrected chi connectivity index (χ1v) is 10.3. The van der Waals surface area contributed by atoms with Crippen LogP contribution in [0.4, 0.5) is 0 Å². The summed E-state index contributed by atoms with van der Waals surface area (Å²) in [6.07, 6.45) is 0. The van der Waals surface area contributed by atoms with Crippen molar-refractivity contribution in [2.45, 2.75) is 17.9 Å². The quantitative estimate of drug-likeness (QED) is 0.836. The zero-order valence-corrected chi connectivity index (χ0v) is 16.8. The first-order valence-electron chi connectivity index (χ1n) is 8.53. The molecule has 0 amide bonds. The Balaban J connectivity index is 0.00000196. The molecular formula is C19H22Cl2N2O2S. The molecule has 4 rings (SSSR count). The number of benzene rings is 2. The van der Waals surface area contributed by atoms with Gasteiger partial charge in [0.2, 0.25) is 10.0 Å². The van der Waals surface area contributed by atoms with Gasteiger partial charge < -0.3 is 5.32 Å². The fraction of sp³-hybridized carbons (Fsp3) is 0.368. The predicted octanol–water partition coefficient (Wildman–Crippen LogP) is 3.65. The van der Waals surface area contributed by atoms with E-state index in [2.05, 4.69) is 11.4 Å². The Morgan fingerprint density at radius 3 is 2.50 bits per heavy atom. The molecule has 2 fully saturated rings. The van der Waals surface area contributed by atoms with Crippen molar-refractivity contribution < 1.29 is 8.42 Å². The molecule has 7 heteroatoms. The molecule has 26 heavy (non-hydrogen) atoms. The molecule has 0 spiro atoms. The maximum atomic E-state index is 13.4. The number of sulfonamides is 1. The molecule has 2 aromatic carbocycles. The molecule has 2 aliphatic heterocycles. The summed E-state index contributed by atoms with van der Waals surface area (Å²) in [5, 5.41) is 3.70. The molecule has 0 unspecified atom stereocenters. The van der Waals surface area contributed by atoms with E-state index in [0.717, 1.165) is 24.2 Å². The Hall–Kier alpha value is -1.11. The fourth-order valence-corrected chi connectivity index (χ4v) is 6.42. The number of hydrogen-bond acceptors (Lipinski definition) is 3. The van der Waals surface area contributed by atoms with Gasteiger partial charge in [0.25, 0.3) is 0 Å². The third-order valence-electron chi connectivity index (χ3n) is 5.45. The molecule has 0 radical (unpaired) electrons. The van der Waals surface area contributed by atoms with Gasteiger partial charge >= 0.3 is 0 Å². The van der Waals surface area contributed by atoms with Gasteiger partial charge in [0.05, 0.1) is 11.1 Å². The van der Waals surface area contributed by atoms with Crippen LogP contribution >= 0.6 is 24.0 Å². The van der Waals surface area contributed by atoms with Crippen LogP contribution in [0.2, 0.25) is 5.02 Å². The Bertz CT molecular complexity index is 904. The van der Waals surface area contributed by atoms with Crippen molar-refractivity contribution in [3.05, 3.63) is 64.7 Å². The normalized spacial score (nSPS) is 25.7. The maximum absolute atomic E-state index is 13.4. The van der Waals surface area contributed by atoms with Crippen LogP contribution < -0.4 is 5.32 Å². The molecule has 2 aliphatic rings. The molecule has 4 nitrogen and oxygen atoms in total. The molecule has 0 bridgehead atoms. The number of rotatable bonds is 3. The van der Waals surface area contributed by atoms with E-state index in [1.807, 2.05) is 25.1 Å². The van der Waals surface area contributed by atoms with Crippen molar-refractivity contribution in [3.63, 3.8) is 0 Å². The van der Waals surface area contributed by atoms with Crippen molar-refractivity contribution in [1.82, 2.24) is 9.62 Å². The number of hydrogen-bond donors (Lipinski definition) is 1. The fourth-order valence-electron chi connectivity index (χ4n) is 4.21. The van der Waals surface area contributed by atoms with Crippen molar-refractivity contribution in [1.29, 1.82) is 0 Å². The van der Waals surface area contributed by atoms with Gasteiger partial charge in [-0.2, -0.15) is 4.31 Å². The largest absolute Gasteiger partial charge is 0.316 e. The average molecular weight is 413 g/mol. The highest BCUT2D eigenvalue weighted by Crippen LogP contribution is 2.46. The van der Waals surface area contributed by atoms with Crippen LogP contribution in [-0.4, -0.2) is 32.4 Å². The first kappa shape index (κ1) is 19.6. The summed E-state index contributed by atoms with van der Waals surface area (Å²) in [6.45, 7) is 4.29. The lowest BCUT2D eigenvalue weighted by atomic mass is 9.88. The van der Waals surface area contributed by atoms with Crippen LogP contribution in [0.3, 0.4) is 0 Å². The number of halogens is 2. The molecule has 2 aromatic rings. The summed E-state index contributed by atoms with van der Waals surface area (Å²) >= 11 is 6.21. The van der Waals surface area contributed by atoms with E-state index in [4.69, 9.17) is 11.6 Å². The van der Waals surface area contributed by atoms with Gasteiger partial charge in [-0.1, -0.05) is 48.0 Å². The Morgan fingerprint density at radius 2 is 1.77 bits per heavy atom. The van der Waals surface area contributed by atoms with Gasteiger partial charge in [-0.3, -0.25) is 0 Å². The highest BCUT2D eigenvalue weighted by molar-refractivity contribution is 7.89. The van der Waals surface area contributed by atoms with E-state index in [-0.39, 0.29) is 28.4 Å². The highest BCUT2D eigenvalue weighted by atomic mass is 35.5. The molecule has 1 N–H and O–H groups in total. The molecule has 0 saturated carbocycles. The van der Waals surface area contributed by atoms with Crippen LogP contribution in [0.1, 0.15) is 17.2 Å². The second-order valence-corrected chi connectivity index (χ2v) is 9.15. The Labute approximate surface area is 166 Å². The van der Waals surface area contributed by atoms with Gasteiger partial charge in [-0.15, -0.1) is 12.4 Å². The minimum absolute atomic E-state index is 0. The Kier molecular flexibility index (Phi) is 5.66. The number of fused-ring (bicyclic) bond motifs is 1. The number of aryl methyl sites for hydroxylation is 1. The van der Waals surface area contributed by atoms with E-state index in [9.17, 15) is 8.42 Å². The van der Waals surface area contributed by atoms with Crippen molar-refractivity contribution in [3.8, 4) is 0 Å². The van der Waals surface area contributed by atoms with Crippen molar-refractivity contribution in [2.24, 2.45) is 11.8 Å². The minimum atomic E-state index is -3.65. The summed E-state index contributed by atoms with van der Waals surface area (Å²) in [4.78, 5) is 0.197. The van der Waals surface area contributed by atoms with Gasteiger partial charge in [0.1, 0.15) is 4.90 Å². The summed E-state index contributed by atoms with van der Waals surface area (Å²) in [6, 6.07) is 14.6. The van der Waals surface area contributed by atoms with Crippen LogP contribution in [0.15, 0.2) is 53.4 Å². The average Bonchev–Trinajstić information content (AvgIpc) is 3.17.